The van der Waals surface area contributed by atoms with E-state index in [1.807, 2.05) is 42.5 Å². The van der Waals surface area contributed by atoms with Crippen LogP contribution in [-0.4, -0.2) is 16.9 Å². The van der Waals surface area contributed by atoms with Gasteiger partial charge in [0.25, 0.3) is 0 Å². The van der Waals surface area contributed by atoms with Crippen molar-refractivity contribution in [2.45, 2.75) is 0 Å². The molecular weight excluding hydrogens is 230 g/mol. The fourth-order valence-electron chi connectivity index (χ4n) is 1.13. The van der Waals surface area contributed by atoms with Crippen LogP contribution in [0.15, 0.2) is 60.7 Å². The van der Waals surface area contributed by atoms with Gasteiger partial charge in [0.2, 0.25) is 5.78 Å². The maximum absolute atomic E-state index is 10.9. The Morgan fingerprint density at radius 1 is 1.00 bits per heavy atom. The molecule has 0 radical (unpaired) electrons. The number of hydroxylamine groups is 1. The van der Waals surface area contributed by atoms with Crippen LogP contribution in [0.3, 0.4) is 0 Å². The summed E-state index contributed by atoms with van der Waals surface area (Å²) in [6, 6.07) is 9.75. The van der Waals surface area contributed by atoms with Gasteiger partial charge in [0.1, 0.15) is 0 Å². The molecule has 4 heteroatoms. The summed E-state index contributed by atoms with van der Waals surface area (Å²) in [5, 5.41) is 8.19. The molecule has 0 atom stereocenters. The lowest BCUT2D eigenvalue weighted by Gasteiger charge is -1.89. The quantitative estimate of drug-likeness (QED) is 0.273. The van der Waals surface area contributed by atoms with E-state index in [4.69, 9.17) is 5.21 Å². The molecule has 0 aliphatic rings. The molecule has 0 aliphatic heterocycles. The second kappa shape index (κ2) is 7.76. The third-order valence-corrected chi connectivity index (χ3v) is 1.99. The highest BCUT2D eigenvalue weighted by molar-refractivity contribution is 6.40. The molecule has 0 aromatic heterocycles. The predicted molar refractivity (Wildman–Crippen MR) is 68.7 cm³/mol. The number of ketones is 1. The molecule has 2 N–H and O–H groups in total. The third-order valence-electron chi connectivity index (χ3n) is 1.99. The summed E-state index contributed by atoms with van der Waals surface area (Å²) in [4.78, 5) is 21.5. The van der Waals surface area contributed by atoms with Gasteiger partial charge in [-0.05, 0) is 11.6 Å². The fraction of sp³-hybridized carbons (Fsp3) is 0. The van der Waals surface area contributed by atoms with Crippen molar-refractivity contribution in [3.05, 3.63) is 66.3 Å². The molecule has 0 unspecified atom stereocenters. The molecule has 0 saturated heterocycles. The molecule has 4 nitrogen and oxygen atoms in total. The average molecular weight is 243 g/mol. The van der Waals surface area contributed by atoms with E-state index in [0.29, 0.717) is 0 Å². The molecule has 0 bridgehead atoms. The minimum atomic E-state index is -1.06. The van der Waals surface area contributed by atoms with E-state index in [1.54, 1.807) is 12.2 Å². The lowest BCUT2D eigenvalue weighted by molar-refractivity contribution is -0.140. The van der Waals surface area contributed by atoms with E-state index in [9.17, 15) is 9.59 Å². The Bertz CT molecular complexity index is 487. The Kier molecular flexibility index (Phi) is 5.86. The van der Waals surface area contributed by atoms with Gasteiger partial charge in [-0.15, -0.1) is 0 Å². The number of hydrogen-bond donors (Lipinski definition) is 2. The second-order valence-corrected chi connectivity index (χ2v) is 3.32. The van der Waals surface area contributed by atoms with Gasteiger partial charge in [-0.25, -0.2) is 5.48 Å². The number of carbonyl (C=O) groups is 2. The summed E-state index contributed by atoms with van der Waals surface area (Å²) in [5.41, 5.74) is 2.33. The van der Waals surface area contributed by atoms with Gasteiger partial charge in [-0.2, -0.15) is 0 Å². The van der Waals surface area contributed by atoms with Crippen LogP contribution < -0.4 is 5.48 Å². The largest absolute Gasteiger partial charge is 0.315 e. The van der Waals surface area contributed by atoms with Gasteiger partial charge in [0.05, 0.1) is 0 Å². The van der Waals surface area contributed by atoms with Crippen LogP contribution >= 0.6 is 0 Å². The number of rotatable bonds is 5. The Balaban J connectivity index is 2.43. The number of nitrogens with one attached hydrogen (secondary N) is 1. The van der Waals surface area contributed by atoms with Gasteiger partial charge < -0.3 is 0 Å². The summed E-state index contributed by atoms with van der Waals surface area (Å²) in [7, 11) is 0. The minimum absolute atomic E-state index is 0.811. The number of carbonyl (C=O) groups excluding carboxylic acids is 2. The zero-order valence-corrected chi connectivity index (χ0v) is 9.61. The van der Waals surface area contributed by atoms with E-state index in [1.165, 1.54) is 11.6 Å². The zero-order chi connectivity index (χ0) is 13.2. The van der Waals surface area contributed by atoms with Crippen molar-refractivity contribution in [3.8, 4) is 0 Å². The first-order valence-electron chi connectivity index (χ1n) is 5.29. The third kappa shape index (κ3) is 5.05. The van der Waals surface area contributed by atoms with Crippen LogP contribution in [-0.2, 0) is 9.59 Å². The molecule has 1 aromatic rings. The standard InChI is InChI=1S/C14H13NO3/c16-13(14(17)15-18)11-7-2-1-4-8-12-9-5-3-6-10-12/h1-11,18H,(H,15,17)/b2-1+,8-4+,11-7+. The summed E-state index contributed by atoms with van der Waals surface area (Å²) < 4.78 is 0. The normalized spacial score (nSPS) is 11.4. The van der Waals surface area contributed by atoms with Gasteiger partial charge in [0, 0.05) is 0 Å². The summed E-state index contributed by atoms with van der Waals surface area (Å²) in [5.74, 6) is -1.87. The van der Waals surface area contributed by atoms with Gasteiger partial charge in [-0.1, -0.05) is 60.7 Å². The van der Waals surface area contributed by atoms with Gasteiger partial charge in [-0.3, -0.25) is 14.8 Å². The Labute approximate surface area is 105 Å². The van der Waals surface area contributed by atoms with Crippen LogP contribution in [0.2, 0.25) is 0 Å². The van der Waals surface area contributed by atoms with E-state index in [-0.39, 0.29) is 0 Å². The maximum Gasteiger partial charge on any atom is 0.315 e. The molecule has 0 aliphatic carbocycles. The number of hydrogen-bond acceptors (Lipinski definition) is 3. The monoisotopic (exact) mass is 243 g/mol. The lowest BCUT2D eigenvalue weighted by atomic mass is 10.2. The predicted octanol–water partition coefficient (Wildman–Crippen LogP) is 1.89. The Hall–Kier alpha value is -2.46. The average Bonchev–Trinajstić information content (AvgIpc) is 2.42. The molecule has 1 aromatic carbocycles. The van der Waals surface area contributed by atoms with Crippen LogP contribution in [0.4, 0.5) is 0 Å². The zero-order valence-electron chi connectivity index (χ0n) is 9.61. The van der Waals surface area contributed by atoms with Crippen molar-refractivity contribution < 1.29 is 14.8 Å². The van der Waals surface area contributed by atoms with E-state index < -0.39 is 11.7 Å². The Morgan fingerprint density at radius 3 is 2.33 bits per heavy atom. The van der Waals surface area contributed by atoms with Crippen molar-refractivity contribution >= 4 is 17.8 Å². The fourth-order valence-corrected chi connectivity index (χ4v) is 1.13. The molecule has 92 valence electrons. The van der Waals surface area contributed by atoms with Crippen molar-refractivity contribution in [3.63, 3.8) is 0 Å². The summed E-state index contributed by atoms with van der Waals surface area (Å²) >= 11 is 0. The van der Waals surface area contributed by atoms with E-state index in [2.05, 4.69) is 0 Å². The van der Waals surface area contributed by atoms with Gasteiger partial charge >= 0.3 is 5.91 Å². The first-order chi connectivity index (χ1) is 8.74. The molecule has 0 fully saturated rings. The van der Waals surface area contributed by atoms with Crippen LogP contribution in [0.5, 0.6) is 0 Å². The minimum Gasteiger partial charge on any atom is -0.288 e. The highest BCUT2D eigenvalue weighted by Gasteiger charge is 2.06. The number of benzene rings is 1. The van der Waals surface area contributed by atoms with Crippen LogP contribution in [0.25, 0.3) is 6.08 Å². The molecular formula is C14H13NO3. The first-order valence-corrected chi connectivity index (χ1v) is 5.29. The first kappa shape index (κ1) is 13.6. The number of amides is 1. The highest BCUT2D eigenvalue weighted by Crippen LogP contribution is 2.00. The molecule has 0 saturated carbocycles. The summed E-state index contributed by atoms with van der Waals surface area (Å²) in [6.07, 6.45) is 9.56. The Morgan fingerprint density at radius 2 is 1.67 bits per heavy atom. The smallest absolute Gasteiger partial charge is 0.288 e. The molecule has 0 heterocycles. The van der Waals surface area contributed by atoms with Crippen LogP contribution in [0, 0.1) is 0 Å². The molecule has 1 amide bonds. The SMILES string of the molecule is O=C(/C=C/C=C/C=C/c1ccccc1)C(=O)NO. The maximum atomic E-state index is 10.9. The topological polar surface area (TPSA) is 66.4 Å². The molecule has 0 spiro atoms. The highest BCUT2D eigenvalue weighted by atomic mass is 16.5. The van der Waals surface area contributed by atoms with Gasteiger partial charge in [0.15, 0.2) is 0 Å². The lowest BCUT2D eigenvalue weighted by Crippen LogP contribution is -2.26. The van der Waals surface area contributed by atoms with E-state index in [0.717, 1.165) is 11.6 Å². The summed E-state index contributed by atoms with van der Waals surface area (Å²) in [6.45, 7) is 0. The van der Waals surface area contributed by atoms with Crippen molar-refractivity contribution in [2.24, 2.45) is 0 Å². The molecule has 18 heavy (non-hydrogen) atoms. The van der Waals surface area contributed by atoms with Crippen LogP contribution in [0.1, 0.15) is 5.56 Å². The van der Waals surface area contributed by atoms with Crippen molar-refractivity contribution in [2.75, 3.05) is 0 Å². The van der Waals surface area contributed by atoms with E-state index >= 15 is 0 Å². The molecule has 1 rings (SSSR count). The number of allylic oxidation sites excluding steroid dienone is 4. The second-order valence-electron chi connectivity index (χ2n) is 3.32. The van der Waals surface area contributed by atoms with Crippen molar-refractivity contribution in [1.29, 1.82) is 0 Å². The van der Waals surface area contributed by atoms with Crippen molar-refractivity contribution in [1.82, 2.24) is 5.48 Å².